The van der Waals surface area contributed by atoms with E-state index < -0.39 is 0 Å². The lowest BCUT2D eigenvalue weighted by Gasteiger charge is -2.29. The van der Waals surface area contributed by atoms with Crippen molar-refractivity contribution < 1.29 is 9.53 Å². The van der Waals surface area contributed by atoms with Gasteiger partial charge in [0.15, 0.2) is 5.78 Å². The topological polar surface area (TPSA) is 76.2 Å². The van der Waals surface area contributed by atoms with Gasteiger partial charge in [0.25, 0.3) is 0 Å². The van der Waals surface area contributed by atoms with Crippen LogP contribution in [0.25, 0.3) is 5.57 Å². The third-order valence-corrected chi connectivity index (χ3v) is 6.16. The summed E-state index contributed by atoms with van der Waals surface area (Å²) in [5.41, 5.74) is 8.39. The summed E-state index contributed by atoms with van der Waals surface area (Å²) in [5.74, 6) is 0.750. The number of ketones is 1. The minimum atomic E-state index is -0.0723. The fourth-order valence-electron chi connectivity index (χ4n) is 4.33. The first-order valence-corrected chi connectivity index (χ1v) is 8.40. The zero-order chi connectivity index (χ0) is 16.4. The zero-order valence-electron chi connectivity index (χ0n) is 12.4. The highest BCUT2D eigenvalue weighted by Crippen LogP contribution is 2.62. The van der Waals surface area contributed by atoms with Gasteiger partial charge in [-0.25, -0.2) is 0 Å². The molecule has 23 heavy (non-hydrogen) atoms. The Hall–Kier alpha value is -1.52. The molecule has 2 atom stereocenters. The van der Waals surface area contributed by atoms with Gasteiger partial charge in [-0.15, -0.1) is 0 Å². The number of hydrogen-bond acceptors (Lipinski definition) is 3. The van der Waals surface area contributed by atoms with Crippen LogP contribution < -0.4 is 10.5 Å². The van der Waals surface area contributed by atoms with E-state index in [4.69, 9.17) is 39.1 Å². The summed E-state index contributed by atoms with van der Waals surface area (Å²) < 4.78 is 5.50. The van der Waals surface area contributed by atoms with Gasteiger partial charge in [-0.2, -0.15) is 0 Å². The van der Waals surface area contributed by atoms with E-state index in [9.17, 15) is 4.79 Å². The highest BCUT2D eigenvalue weighted by molar-refractivity contribution is 6.44. The standard InChI is InChI=1S/C17H16Cl2N2O2/c18-15-12(23-7-13(20)21)3-9-6-17-2-1-8(5-17)11(22)4-10(17)14(9)16(15)19/h3-4,8H,1-2,5-7H2,(H3,20,21). The van der Waals surface area contributed by atoms with Crippen LogP contribution in [0, 0.1) is 16.7 Å². The summed E-state index contributed by atoms with van der Waals surface area (Å²) in [5, 5.41) is 8.02. The second-order valence-corrected chi connectivity index (χ2v) is 7.46. The number of rotatable bonds is 3. The van der Waals surface area contributed by atoms with Crippen molar-refractivity contribution >= 4 is 40.4 Å². The van der Waals surface area contributed by atoms with E-state index >= 15 is 0 Å². The van der Waals surface area contributed by atoms with E-state index in [-0.39, 0.29) is 29.6 Å². The van der Waals surface area contributed by atoms with Crippen LogP contribution in [0.1, 0.15) is 30.4 Å². The molecule has 4 rings (SSSR count). The largest absolute Gasteiger partial charge is 0.484 e. The Labute approximate surface area is 144 Å². The molecule has 3 aliphatic rings. The van der Waals surface area contributed by atoms with Gasteiger partial charge in [-0.1, -0.05) is 23.2 Å². The van der Waals surface area contributed by atoms with Gasteiger partial charge in [0.1, 0.15) is 23.2 Å². The Balaban J connectivity index is 1.82. The number of fused-ring (bicyclic) bond motifs is 3. The van der Waals surface area contributed by atoms with Gasteiger partial charge in [-0.05, 0) is 49.0 Å². The third kappa shape index (κ3) is 2.12. The van der Waals surface area contributed by atoms with Gasteiger partial charge in [0.05, 0.1) is 5.02 Å². The van der Waals surface area contributed by atoms with Gasteiger partial charge < -0.3 is 10.5 Å². The van der Waals surface area contributed by atoms with Crippen molar-refractivity contribution in [1.29, 1.82) is 5.41 Å². The summed E-state index contributed by atoms with van der Waals surface area (Å²) in [7, 11) is 0. The first kappa shape index (κ1) is 15.0. The smallest absolute Gasteiger partial charge is 0.159 e. The Morgan fingerprint density at radius 3 is 2.96 bits per heavy atom. The van der Waals surface area contributed by atoms with E-state index in [0.29, 0.717) is 15.8 Å². The summed E-state index contributed by atoms with van der Waals surface area (Å²) in [6.07, 6.45) is 5.52. The molecule has 0 saturated heterocycles. The fourth-order valence-corrected chi connectivity index (χ4v) is 4.85. The van der Waals surface area contributed by atoms with Gasteiger partial charge in [0, 0.05) is 16.9 Å². The molecule has 3 N–H and O–H groups in total. The first-order valence-electron chi connectivity index (χ1n) is 7.64. The Morgan fingerprint density at radius 2 is 2.22 bits per heavy atom. The zero-order valence-corrected chi connectivity index (χ0v) is 13.9. The van der Waals surface area contributed by atoms with Crippen LogP contribution in [0.3, 0.4) is 0 Å². The summed E-state index contributed by atoms with van der Waals surface area (Å²) in [6.45, 7) is -0.0246. The molecular formula is C17H16Cl2N2O2. The molecule has 1 fully saturated rings. The van der Waals surface area contributed by atoms with Crippen LogP contribution in [0.5, 0.6) is 5.75 Å². The van der Waals surface area contributed by atoms with Crippen LogP contribution in [0.4, 0.5) is 0 Å². The maximum absolute atomic E-state index is 12.2. The lowest BCUT2D eigenvalue weighted by atomic mass is 9.74. The summed E-state index contributed by atoms with van der Waals surface area (Å²) in [4.78, 5) is 12.2. The van der Waals surface area contributed by atoms with E-state index in [0.717, 1.165) is 42.4 Å². The SMILES string of the molecule is N=C(N)COc1cc2c(c(Cl)c1Cl)C1=CC(=O)C3CCC1(C2)C3. The normalized spacial score (nSPS) is 27.5. The molecule has 1 spiro atoms. The molecule has 0 aromatic heterocycles. The number of amidine groups is 1. The van der Waals surface area contributed by atoms with E-state index in [1.165, 1.54) is 0 Å². The molecule has 1 saturated carbocycles. The minimum absolute atomic E-state index is 0.0246. The molecule has 1 aromatic rings. The monoisotopic (exact) mass is 350 g/mol. The number of benzene rings is 1. The fraction of sp³-hybridized carbons (Fsp3) is 0.412. The second kappa shape index (κ2) is 4.99. The second-order valence-electron chi connectivity index (χ2n) is 6.71. The third-order valence-electron chi connectivity index (χ3n) is 5.31. The summed E-state index contributed by atoms with van der Waals surface area (Å²) >= 11 is 12.9. The molecule has 0 amide bonds. The van der Waals surface area contributed by atoms with Crippen LogP contribution in [0.15, 0.2) is 12.1 Å². The molecule has 6 heteroatoms. The number of allylic oxidation sites excluding steroid dienone is 2. The molecule has 2 bridgehead atoms. The molecular weight excluding hydrogens is 335 g/mol. The average molecular weight is 351 g/mol. The van der Waals surface area contributed by atoms with Crippen molar-refractivity contribution in [2.75, 3.05) is 6.61 Å². The van der Waals surface area contributed by atoms with Crippen molar-refractivity contribution in [3.8, 4) is 5.75 Å². The maximum Gasteiger partial charge on any atom is 0.159 e. The Bertz CT molecular complexity index is 787. The highest BCUT2D eigenvalue weighted by Gasteiger charge is 2.52. The van der Waals surface area contributed by atoms with E-state index in [1.807, 2.05) is 6.07 Å². The predicted octanol–water partition coefficient (Wildman–Crippen LogP) is 3.62. The van der Waals surface area contributed by atoms with Crippen LogP contribution in [-0.4, -0.2) is 18.2 Å². The van der Waals surface area contributed by atoms with E-state index in [2.05, 4.69) is 0 Å². The lowest BCUT2D eigenvalue weighted by molar-refractivity contribution is -0.118. The number of carbonyl (C=O) groups is 1. The lowest BCUT2D eigenvalue weighted by Crippen LogP contribution is -2.23. The van der Waals surface area contributed by atoms with Gasteiger partial charge in [-0.3, -0.25) is 10.2 Å². The highest BCUT2D eigenvalue weighted by atomic mass is 35.5. The molecule has 4 nitrogen and oxygen atoms in total. The first-order chi connectivity index (χ1) is 10.9. The van der Waals surface area contributed by atoms with Crippen molar-refractivity contribution in [2.45, 2.75) is 25.7 Å². The molecule has 120 valence electrons. The van der Waals surface area contributed by atoms with Crippen LogP contribution in [-0.2, 0) is 11.2 Å². The van der Waals surface area contributed by atoms with E-state index in [1.54, 1.807) is 6.08 Å². The predicted molar refractivity (Wildman–Crippen MR) is 90.3 cm³/mol. The average Bonchev–Trinajstić information content (AvgIpc) is 3.02. The Kier molecular flexibility index (Phi) is 3.26. The van der Waals surface area contributed by atoms with Crippen molar-refractivity contribution in [1.82, 2.24) is 0 Å². The van der Waals surface area contributed by atoms with Crippen molar-refractivity contribution in [2.24, 2.45) is 17.1 Å². The van der Waals surface area contributed by atoms with Gasteiger partial charge >= 0.3 is 0 Å². The number of nitrogens with two attached hydrogens (primary N) is 1. The molecule has 0 heterocycles. The molecule has 0 radical (unpaired) electrons. The van der Waals surface area contributed by atoms with Crippen molar-refractivity contribution in [3.05, 3.63) is 33.3 Å². The number of hydrogen-bond donors (Lipinski definition) is 2. The van der Waals surface area contributed by atoms with Crippen LogP contribution in [0.2, 0.25) is 10.0 Å². The summed E-state index contributed by atoms with van der Waals surface area (Å²) in [6, 6.07) is 1.89. The van der Waals surface area contributed by atoms with Gasteiger partial charge in [0.2, 0.25) is 0 Å². The molecule has 1 aromatic carbocycles. The Morgan fingerprint density at radius 1 is 1.43 bits per heavy atom. The minimum Gasteiger partial charge on any atom is -0.484 e. The number of halogens is 2. The van der Waals surface area contributed by atoms with Crippen molar-refractivity contribution in [3.63, 3.8) is 0 Å². The molecule has 3 aliphatic carbocycles. The molecule has 0 aliphatic heterocycles. The number of ether oxygens (including phenoxy) is 1. The maximum atomic E-state index is 12.2. The molecule has 2 unspecified atom stereocenters. The quantitative estimate of drug-likeness (QED) is 0.645. The van der Waals surface area contributed by atoms with Crippen LogP contribution >= 0.6 is 23.2 Å². The number of nitrogens with one attached hydrogen (secondary N) is 1. The number of carbonyl (C=O) groups excluding carboxylic acids is 1.